The van der Waals surface area contributed by atoms with Gasteiger partial charge in [0.25, 0.3) is 0 Å². The maximum Gasteiger partial charge on any atom is 0.238 e. The summed E-state index contributed by atoms with van der Waals surface area (Å²) in [5, 5.41) is 11.3. The molecule has 32 heavy (non-hydrogen) atoms. The summed E-state index contributed by atoms with van der Waals surface area (Å²) in [7, 11) is 0. The molecule has 0 spiro atoms. The summed E-state index contributed by atoms with van der Waals surface area (Å²) in [4.78, 5) is 28.4. The van der Waals surface area contributed by atoms with Crippen molar-refractivity contribution in [2.24, 2.45) is 0 Å². The average molecular weight is 446 g/mol. The van der Waals surface area contributed by atoms with Crippen molar-refractivity contribution in [3.63, 3.8) is 0 Å². The summed E-state index contributed by atoms with van der Waals surface area (Å²) < 4.78 is 13.7. The van der Waals surface area contributed by atoms with E-state index in [1.165, 1.54) is 23.9 Å². The number of nitrogens with one attached hydrogen (secondary N) is 1. The Hall–Kier alpha value is -3.63. The van der Waals surface area contributed by atoms with E-state index >= 15 is 0 Å². The molecule has 1 aliphatic heterocycles. The monoisotopic (exact) mass is 445 g/mol. The van der Waals surface area contributed by atoms with Gasteiger partial charge in [0.2, 0.25) is 11.8 Å². The SMILES string of the molecule is N#Cc1ccc(CN(Cc2cccc(F)c2)C(=O)CC2Sc3ccccc3NC2=O)cc1. The van der Waals surface area contributed by atoms with Gasteiger partial charge in [-0.2, -0.15) is 5.26 Å². The molecule has 1 aliphatic rings. The number of amides is 2. The van der Waals surface area contributed by atoms with Crippen LogP contribution in [0.3, 0.4) is 0 Å². The highest BCUT2D eigenvalue weighted by atomic mass is 32.2. The lowest BCUT2D eigenvalue weighted by Gasteiger charge is -2.27. The van der Waals surface area contributed by atoms with Crippen LogP contribution >= 0.6 is 11.8 Å². The summed E-state index contributed by atoms with van der Waals surface area (Å²) in [6.45, 7) is 0.503. The topological polar surface area (TPSA) is 73.2 Å². The number of carbonyl (C=O) groups is 2. The Morgan fingerprint density at radius 3 is 2.53 bits per heavy atom. The largest absolute Gasteiger partial charge is 0.334 e. The molecule has 7 heteroatoms. The number of para-hydroxylation sites is 1. The smallest absolute Gasteiger partial charge is 0.238 e. The highest BCUT2D eigenvalue weighted by Gasteiger charge is 2.30. The van der Waals surface area contributed by atoms with Crippen LogP contribution in [0, 0.1) is 17.1 Å². The number of halogens is 1. The average Bonchev–Trinajstić information content (AvgIpc) is 2.79. The van der Waals surface area contributed by atoms with Crippen LogP contribution in [0.5, 0.6) is 0 Å². The number of hydrogen-bond acceptors (Lipinski definition) is 4. The van der Waals surface area contributed by atoms with Crippen molar-refractivity contribution < 1.29 is 14.0 Å². The summed E-state index contributed by atoms with van der Waals surface area (Å²) in [5.74, 6) is -0.774. The van der Waals surface area contributed by atoms with Crippen LogP contribution < -0.4 is 5.32 Å². The number of carbonyl (C=O) groups excluding carboxylic acids is 2. The van der Waals surface area contributed by atoms with Crippen molar-refractivity contribution in [2.45, 2.75) is 29.7 Å². The van der Waals surface area contributed by atoms with Crippen LogP contribution in [-0.2, 0) is 22.7 Å². The van der Waals surface area contributed by atoms with Gasteiger partial charge in [0.05, 0.1) is 22.6 Å². The molecule has 1 unspecified atom stereocenters. The van der Waals surface area contributed by atoms with Crippen molar-refractivity contribution in [1.29, 1.82) is 5.26 Å². The lowest BCUT2D eigenvalue weighted by molar-refractivity contribution is -0.133. The molecule has 2 amide bonds. The molecule has 0 saturated carbocycles. The van der Waals surface area contributed by atoms with Crippen LogP contribution in [0.15, 0.2) is 77.7 Å². The Balaban J connectivity index is 1.53. The molecule has 0 aromatic heterocycles. The summed E-state index contributed by atoms with van der Waals surface area (Å²) >= 11 is 1.38. The number of hydrogen-bond donors (Lipinski definition) is 1. The first-order chi connectivity index (χ1) is 15.5. The molecule has 0 radical (unpaired) electrons. The van der Waals surface area contributed by atoms with E-state index in [-0.39, 0.29) is 37.1 Å². The number of thioether (sulfide) groups is 1. The van der Waals surface area contributed by atoms with E-state index in [2.05, 4.69) is 11.4 Å². The van der Waals surface area contributed by atoms with Crippen molar-refractivity contribution in [1.82, 2.24) is 4.90 Å². The zero-order chi connectivity index (χ0) is 22.5. The number of rotatable bonds is 6. The summed E-state index contributed by atoms with van der Waals surface area (Å²) in [5.41, 5.74) is 2.80. The second-order valence-corrected chi connectivity index (χ2v) is 8.73. The Morgan fingerprint density at radius 1 is 1.03 bits per heavy atom. The van der Waals surface area contributed by atoms with Crippen LogP contribution in [0.25, 0.3) is 0 Å². The first-order valence-electron chi connectivity index (χ1n) is 10.1. The van der Waals surface area contributed by atoms with Crippen molar-refractivity contribution >= 4 is 29.3 Å². The first kappa shape index (κ1) is 21.6. The van der Waals surface area contributed by atoms with E-state index in [9.17, 15) is 14.0 Å². The van der Waals surface area contributed by atoms with Crippen LogP contribution in [0.2, 0.25) is 0 Å². The van der Waals surface area contributed by atoms with Gasteiger partial charge in [-0.1, -0.05) is 36.4 Å². The quantitative estimate of drug-likeness (QED) is 0.595. The number of fused-ring (bicyclic) bond motifs is 1. The third-order valence-corrected chi connectivity index (χ3v) is 6.41. The third kappa shape index (κ3) is 5.16. The van der Waals surface area contributed by atoms with Crippen LogP contribution in [0.1, 0.15) is 23.1 Å². The van der Waals surface area contributed by atoms with E-state index < -0.39 is 5.25 Å². The molecule has 0 saturated heterocycles. The van der Waals surface area contributed by atoms with Gasteiger partial charge in [-0.3, -0.25) is 9.59 Å². The molecule has 1 N–H and O–H groups in total. The second-order valence-electron chi connectivity index (χ2n) is 7.48. The zero-order valence-corrected chi connectivity index (χ0v) is 17.9. The molecule has 1 heterocycles. The molecule has 4 rings (SSSR count). The fraction of sp³-hybridized carbons (Fsp3) is 0.160. The minimum Gasteiger partial charge on any atom is -0.334 e. The van der Waals surface area contributed by atoms with Crippen LogP contribution in [-0.4, -0.2) is 22.0 Å². The summed E-state index contributed by atoms with van der Waals surface area (Å²) in [6.07, 6.45) is 0.0242. The molecular weight excluding hydrogens is 425 g/mol. The molecule has 160 valence electrons. The van der Waals surface area contributed by atoms with E-state index in [1.54, 1.807) is 41.3 Å². The fourth-order valence-electron chi connectivity index (χ4n) is 3.51. The number of nitriles is 1. The van der Waals surface area contributed by atoms with E-state index in [4.69, 9.17) is 5.26 Å². The van der Waals surface area contributed by atoms with Gasteiger partial charge in [-0.05, 0) is 47.5 Å². The van der Waals surface area contributed by atoms with Gasteiger partial charge in [0.15, 0.2) is 0 Å². The second kappa shape index (κ2) is 9.67. The zero-order valence-electron chi connectivity index (χ0n) is 17.1. The Morgan fingerprint density at radius 2 is 1.78 bits per heavy atom. The van der Waals surface area contributed by atoms with Gasteiger partial charge in [-0.15, -0.1) is 11.8 Å². The molecule has 3 aromatic carbocycles. The third-order valence-electron chi connectivity index (χ3n) is 5.14. The van der Waals surface area contributed by atoms with Crippen molar-refractivity contribution in [2.75, 3.05) is 5.32 Å². The Bertz CT molecular complexity index is 1190. The Kier molecular flexibility index (Phi) is 6.52. The maximum absolute atomic E-state index is 13.7. The van der Waals surface area contributed by atoms with E-state index in [1.807, 2.05) is 24.3 Å². The molecule has 0 bridgehead atoms. The van der Waals surface area contributed by atoms with Gasteiger partial charge in [-0.25, -0.2) is 4.39 Å². The Labute approximate surface area is 189 Å². The summed E-state index contributed by atoms with van der Waals surface area (Å²) in [6, 6.07) is 22.7. The van der Waals surface area contributed by atoms with Gasteiger partial charge in [0, 0.05) is 24.4 Å². The molecule has 0 fully saturated rings. The van der Waals surface area contributed by atoms with Crippen molar-refractivity contribution in [3.05, 3.63) is 95.3 Å². The predicted molar refractivity (Wildman–Crippen MR) is 121 cm³/mol. The number of benzene rings is 3. The highest BCUT2D eigenvalue weighted by molar-refractivity contribution is 8.01. The molecule has 3 aromatic rings. The number of anilines is 1. The van der Waals surface area contributed by atoms with Gasteiger partial charge >= 0.3 is 0 Å². The van der Waals surface area contributed by atoms with Crippen molar-refractivity contribution in [3.8, 4) is 6.07 Å². The van der Waals surface area contributed by atoms with Gasteiger partial charge in [0.1, 0.15) is 5.82 Å². The molecule has 1 atom stereocenters. The minimum atomic E-state index is -0.548. The lowest BCUT2D eigenvalue weighted by Crippen LogP contribution is -2.37. The number of nitrogens with zero attached hydrogens (tertiary/aromatic N) is 2. The highest BCUT2D eigenvalue weighted by Crippen LogP contribution is 2.37. The maximum atomic E-state index is 13.7. The van der Waals surface area contributed by atoms with Crippen LogP contribution in [0.4, 0.5) is 10.1 Å². The predicted octanol–water partition coefficient (Wildman–Crippen LogP) is 4.73. The van der Waals surface area contributed by atoms with E-state index in [0.717, 1.165) is 16.1 Å². The standard InChI is InChI=1S/C25H20FN3O2S/c26-20-5-3-4-19(12-20)16-29(15-18-10-8-17(14-27)9-11-18)24(30)13-23-25(31)28-21-6-1-2-7-22(21)32-23/h1-12,23H,13,15-16H2,(H,28,31). The first-order valence-corrected chi connectivity index (χ1v) is 11.0. The molecular formula is C25H20FN3O2S. The lowest BCUT2D eigenvalue weighted by atomic mass is 10.1. The normalized spacial score (nSPS) is 14.8. The molecule has 5 nitrogen and oxygen atoms in total. The molecule has 0 aliphatic carbocycles. The fourth-order valence-corrected chi connectivity index (χ4v) is 4.61. The minimum absolute atomic E-state index is 0.0242. The van der Waals surface area contributed by atoms with Gasteiger partial charge < -0.3 is 10.2 Å². The van der Waals surface area contributed by atoms with E-state index in [0.29, 0.717) is 11.1 Å².